The van der Waals surface area contributed by atoms with E-state index in [0.29, 0.717) is 15.8 Å². The van der Waals surface area contributed by atoms with Crippen LogP contribution in [0.4, 0.5) is 0 Å². The van der Waals surface area contributed by atoms with E-state index in [1.807, 2.05) is 6.92 Å². The Balaban J connectivity index is 2.23. The van der Waals surface area contributed by atoms with Gasteiger partial charge in [-0.25, -0.2) is 9.78 Å². The fraction of sp³-hybridized carbons (Fsp3) is 0.385. The second kappa shape index (κ2) is 5.36. The predicted molar refractivity (Wildman–Crippen MR) is 68.6 cm³/mol. The molecule has 17 heavy (non-hydrogen) atoms. The van der Waals surface area contributed by atoms with Gasteiger partial charge in [-0.15, -0.1) is 0 Å². The molecular weight excluding hydrogens is 234 g/mol. The van der Waals surface area contributed by atoms with Gasteiger partial charge in [-0.1, -0.05) is 23.9 Å². The molecule has 1 N–H and O–H groups in total. The summed E-state index contributed by atoms with van der Waals surface area (Å²) >= 11 is 1.55. The fourth-order valence-electron chi connectivity index (χ4n) is 1.81. The predicted octanol–water partition coefficient (Wildman–Crippen LogP) is 3.29. The van der Waals surface area contributed by atoms with Gasteiger partial charge < -0.3 is 5.11 Å². The molecule has 3 nitrogen and oxygen atoms in total. The SMILES string of the molecule is Cc1ccc(C(=O)O)c(SC2C=CCCC2)n1. The van der Waals surface area contributed by atoms with Crippen molar-refractivity contribution in [1.29, 1.82) is 0 Å². The van der Waals surface area contributed by atoms with Gasteiger partial charge in [-0.3, -0.25) is 0 Å². The third kappa shape index (κ3) is 3.09. The number of aromatic carboxylic acids is 1. The molecule has 2 rings (SSSR count). The number of nitrogens with zero attached hydrogens (tertiary/aromatic N) is 1. The lowest BCUT2D eigenvalue weighted by Crippen LogP contribution is -2.07. The minimum absolute atomic E-state index is 0.305. The summed E-state index contributed by atoms with van der Waals surface area (Å²) in [6, 6.07) is 3.38. The summed E-state index contributed by atoms with van der Waals surface area (Å²) in [5, 5.41) is 10.1. The molecule has 0 aromatic carbocycles. The maximum absolute atomic E-state index is 11.1. The Bertz CT molecular complexity index is 457. The number of carbonyl (C=O) groups is 1. The molecule has 0 bridgehead atoms. The quantitative estimate of drug-likeness (QED) is 0.835. The Hall–Kier alpha value is -1.29. The molecule has 90 valence electrons. The Morgan fingerprint density at radius 2 is 2.35 bits per heavy atom. The molecule has 0 aliphatic heterocycles. The van der Waals surface area contributed by atoms with Crippen LogP contribution in [0.5, 0.6) is 0 Å². The highest BCUT2D eigenvalue weighted by Gasteiger charge is 2.17. The van der Waals surface area contributed by atoms with Crippen LogP contribution in [-0.4, -0.2) is 21.3 Å². The Labute approximate surface area is 105 Å². The van der Waals surface area contributed by atoms with Gasteiger partial charge in [0.25, 0.3) is 0 Å². The van der Waals surface area contributed by atoms with Gasteiger partial charge in [0.05, 0.1) is 5.56 Å². The molecular formula is C13H15NO2S. The number of aryl methyl sites for hydroxylation is 1. The van der Waals surface area contributed by atoms with Gasteiger partial charge in [0.15, 0.2) is 0 Å². The zero-order valence-electron chi connectivity index (χ0n) is 9.72. The van der Waals surface area contributed by atoms with Crippen molar-refractivity contribution < 1.29 is 9.90 Å². The van der Waals surface area contributed by atoms with Crippen molar-refractivity contribution >= 4 is 17.7 Å². The van der Waals surface area contributed by atoms with Gasteiger partial charge >= 0.3 is 5.97 Å². The third-order valence-electron chi connectivity index (χ3n) is 2.70. The van der Waals surface area contributed by atoms with E-state index in [1.54, 1.807) is 23.9 Å². The second-order valence-electron chi connectivity index (χ2n) is 4.13. The number of rotatable bonds is 3. The number of allylic oxidation sites excluding steroid dienone is 1. The monoisotopic (exact) mass is 249 g/mol. The largest absolute Gasteiger partial charge is 0.478 e. The molecule has 1 unspecified atom stereocenters. The third-order valence-corrected chi connectivity index (χ3v) is 3.93. The molecule has 1 aliphatic carbocycles. The molecule has 1 aliphatic rings. The standard InChI is InChI=1S/C13H15NO2S/c1-9-7-8-11(13(15)16)12(14-9)17-10-5-3-2-4-6-10/h3,5,7-8,10H,2,4,6H2,1H3,(H,15,16). The van der Waals surface area contributed by atoms with Crippen molar-refractivity contribution in [3.8, 4) is 0 Å². The van der Waals surface area contributed by atoms with Gasteiger partial charge in [0.2, 0.25) is 0 Å². The lowest BCUT2D eigenvalue weighted by molar-refractivity contribution is 0.0692. The summed E-state index contributed by atoms with van der Waals surface area (Å²) < 4.78 is 0. The first kappa shape index (κ1) is 12.2. The van der Waals surface area contributed by atoms with E-state index in [1.165, 1.54) is 6.42 Å². The number of hydrogen-bond acceptors (Lipinski definition) is 3. The maximum atomic E-state index is 11.1. The van der Waals surface area contributed by atoms with E-state index in [0.717, 1.165) is 18.5 Å². The van der Waals surface area contributed by atoms with Crippen LogP contribution in [0.2, 0.25) is 0 Å². The number of aromatic nitrogens is 1. The first-order chi connectivity index (χ1) is 8.16. The average Bonchev–Trinajstić information content (AvgIpc) is 2.30. The van der Waals surface area contributed by atoms with Crippen molar-refractivity contribution in [1.82, 2.24) is 4.98 Å². The van der Waals surface area contributed by atoms with Crippen LogP contribution in [0.25, 0.3) is 0 Å². The van der Waals surface area contributed by atoms with Crippen LogP contribution in [-0.2, 0) is 0 Å². The van der Waals surface area contributed by atoms with Gasteiger partial charge in [-0.05, 0) is 38.3 Å². The Morgan fingerprint density at radius 1 is 1.53 bits per heavy atom. The van der Waals surface area contributed by atoms with E-state index < -0.39 is 5.97 Å². The number of hydrogen-bond donors (Lipinski definition) is 1. The van der Waals surface area contributed by atoms with Crippen LogP contribution in [0.15, 0.2) is 29.3 Å². The smallest absolute Gasteiger partial charge is 0.338 e. The molecule has 0 fully saturated rings. The summed E-state index contributed by atoms with van der Waals surface area (Å²) in [4.78, 5) is 15.4. The molecule has 1 heterocycles. The Morgan fingerprint density at radius 3 is 3.00 bits per heavy atom. The summed E-state index contributed by atoms with van der Waals surface area (Å²) in [6.45, 7) is 1.88. The van der Waals surface area contributed by atoms with E-state index in [2.05, 4.69) is 17.1 Å². The lowest BCUT2D eigenvalue weighted by Gasteiger charge is -2.16. The first-order valence-corrected chi connectivity index (χ1v) is 6.59. The topological polar surface area (TPSA) is 50.2 Å². The number of carboxylic acids is 1. The number of pyridine rings is 1. The van der Waals surface area contributed by atoms with E-state index in [-0.39, 0.29) is 0 Å². The molecule has 1 aromatic heterocycles. The zero-order chi connectivity index (χ0) is 12.3. The summed E-state index contributed by atoms with van der Waals surface area (Å²) in [5.74, 6) is -0.903. The summed E-state index contributed by atoms with van der Waals surface area (Å²) in [7, 11) is 0. The van der Waals surface area contributed by atoms with Crippen molar-refractivity contribution in [2.45, 2.75) is 36.5 Å². The number of carboxylic acid groups (broad SMARTS) is 1. The van der Waals surface area contributed by atoms with E-state index >= 15 is 0 Å². The zero-order valence-corrected chi connectivity index (χ0v) is 10.5. The van der Waals surface area contributed by atoms with Gasteiger partial charge in [0.1, 0.15) is 5.03 Å². The minimum Gasteiger partial charge on any atom is -0.478 e. The number of thioether (sulfide) groups is 1. The van der Waals surface area contributed by atoms with Gasteiger partial charge in [0, 0.05) is 10.9 Å². The molecule has 0 saturated heterocycles. The van der Waals surface area contributed by atoms with Crippen LogP contribution in [0.3, 0.4) is 0 Å². The summed E-state index contributed by atoms with van der Waals surface area (Å²) in [5.41, 5.74) is 1.16. The van der Waals surface area contributed by atoms with Crippen LogP contribution >= 0.6 is 11.8 Å². The van der Waals surface area contributed by atoms with Crippen molar-refractivity contribution in [3.05, 3.63) is 35.5 Å². The van der Waals surface area contributed by atoms with Crippen molar-refractivity contribution in [2.75, 3.05) is 0 Å². The van der Waals surface area contributed by atoms with Crippen molar-refractivity contribution in [3.63, 3.8) is 0 Å². The van der Waals surface area contributed by atoms with Crippen molar-refractivity contribution in [2.24, 2.45) is 0 Å². The molecule has 0 amide bonds. The Kier molecular flexibility index (Phi) is 3.84. The van der Waals surface area contributed by atoms with E-state index in [4.69, 9.17) is 5.11 Å². The van der Waals surface area contributed by atoms with Crippen LogP contribution in [0, 0.1) is 6.92 Å². The molecule has 0 saturated carbocycles. The molecule has 1 atom stereocenters. The molecule has 4 heteroatoms. The summed E-state index contributed by atoms with van der Waals surface area (Å²) in [6.07, 6.45) is 7.71. The minimum atomic E-state index is -0.903. The molecule has 0 spiro atoms. The highest BCUT2D eigenvalue weighted by molar-refractivity contribution is 8.00. The normalized spacial score (nSPS) is 19.2. The first-order valence-electron chi connectivity index (χ1n) is 5.71. The average molecular weight is 249 g/mol. The van der Waals surface area contributed by atoms with Crippen LogP contribution in [0.1, 0.15) is 35.3 Å². The second-order valence-corrected chi connectivity index (χ2v) is 5.35. The van der Waals surface area contributed by atoms with Gasteiger partial charge in [-0.2, -0.15) is 0 Å². The fourth-order valence-corrected chi connectivity index (χ4v) is 3.05. The lowest BCUT2D eigenvalue weighted by atomic mass is 10.1. The van der Waals surface area contributed by atoms with E-state index in [9.17, 15) is 4.79 Å². The van der Waals surface area contributed by atoms with Crippen LogP contribution < -0.4 is 0 Å². The highest BCUT2D eigenvalue weighted by atomic mass is 32.2. The maximum Gasteiger partial charge on any atom is 0.338 e. The highest BCUT2D eigenvalue weighted by Crippen LogP contribution is 2.31. The molecule has 0 radical (unpaired) electrons. The molecule has 1 aromatic rings.